The molecule has 1 aromatic rings. The molecule has 2 amide bonds. The topological polar surface area (TPSA) is 95.1 Å². The van der Waals surface area contributed by atoms with Crippen LogP contribution in [0.2, 0.25) is 0 Å². The highest BCUT2D eigenvalue weighted by atomic mass is 32.2. The SMILES string of the molecule is O=C(Nc1ccc(NC(=O)OCC2CSC(=S)O2)cc1)OCC1CSC(=S)O1. The Labute approximate surface area is 180 Å². The van der Waals surface area contributed by atoms with Crippen molar-refractivity contribution in [3.8, 4) is 0 Å². The van der Waals surface area contributed by atoms with Gasteiger partial charge in [0.15, 0.2) is 0 Å². The summed E-state index contributed by atoms with van der Waals surface area (Å²) < 4.78 is 21.7. The average molecular weight is 461 g/mol. The molecular weight excluding hydrogens is 444 g/mol. The van der Waals surface area contributed by atoms with E-state index in [0.29, 0.717) is 31.6 Å². The number of hydrogen-bond donors (Lipinski definition) is 2. The number of carbonyl (C=O) groups excluding carboxylic acids is 2. The van der Waals surface area contributed by atoms with Crippen molar-refractivity contribution < 1.29 is 28.5 Å². The van der Waals surface area contributed by atoms with Gasteiger partial charge in [0.1, 0.15) is 25.4 Å². The summed E-state index contributed by atoms with van der Waals surface area (Å²) in [5.74, 6) is 1.34. The normalized spacial score (nSPS) is 20.9. The van der Waals surface area contributed by atoms with Gasteiger partial charge in [-0.25, -0.2) is 9.59 Å². The van der Waals surface area contributed by atoms with Crippen molar-refractivity contribution >= 4 is 80.3 Å². The minimum atomic E-state index is -0.598. The number of thiocarbonyl (C=S) groups is 2. The van der Waals surface area contributed by atoms with Crippen LogP contribution in [-0.4, -0.2) is 57.9 Å². The standard InChI is InChI=1S/C16H16N2O6S4/c19-13(21-5-11-7-27-15(25)23-11)17-9-1-2-10(4-3-9)18-14(20)22-6-12-8-28-16(26)24-12/h1-4,11-12H,5-8H2,(H,17,19)(H,18,20). The van der Waals surface area contributed by atoms with Gasteiger partial charge in [0.05, 0.1) is 0 Å². The van der Waals surface area contributed by atoms with Crippen LogP contribution < -0.4 is 10.6 Å². The second-order valence-corrected chi connectivity index (χ2v) is 8.87. The van der Waals surface area contributed by atoms with Gasteiger partial charge in [0.2, 0.25) is 8.77 Å². The maximum absolute atomic E-state index is 11.8. The van der Waals surface area contributed by atoms with Crippen molar-refractivity contribution in [3.63, 3.8) is 0 Å². The molecule has 12 heteroatoms. The van der Waals surface area contributed by atoms with E-state index in [9.17, 15) is 9.59 Å². The Bertz CT molecular complexity index is 697. The van der Waals surface area contributed by atoms with E-state index in [1.807, 2.05) is 0 Å². The molecular formula is C16H16N2O6S4. The van der Waals surface area contributed by atoms with Gasteiger partial charge in [-0.2, -0.15) is 0 Å². The highest BCUT2D eigenvalue weighted by Crippen LogP contribution is 2.21. The Hall–Kier alpha value is -1.76. The fraction of sp³-hybridized carbons (Fsp3) is 0.375. The van der Waals surface area contributed by atoms with E-state index in [4.69, 9.17) is 43.4 Å². The summed E-state index contributed by atoms with van der Waals surface area (Å²) in [7, 11) is 0. The van der Waals surface area contributed by atoms with Crippen LogP contribution in [0.4, 0.5) is 21.0 Å². The van der Waals surface area contributed by atoms with Gasteiger partial charge in [-0.1, -0.05) is 23.5 Å². The summed E-state index contributed by atoms with van der Waals surface area (Å²) in [5, 5.41) is 5.19. The lowest BCUT2D eigenvalue weighted by atomic mass is 10.3. The summed E-state index contributed by atoms with van der Waals surface area (Å²) in [6.07, 6.45) is -1.63. The zero-order valence-electron chi connectivity index (χ0n) is 14.4. The molecule has 8 nitrogen and oxygen atoms in total. The Morgan fingerprint density at radius 3 is 1.61 bits per heavy atom. The monoisotopic (exact) mass is 460 g/mol. The summed E-state index contributed by atoms with van der Waals surface area (Å²) in [4.78, 5) is 23.6. The molecule has 0 bridgehead atoms. The molecule has 2 unspecified atom stereocenters. The van der Waals surface area contributed by atoms with E-state index in [1.165, 1.54) is 23.5 Å². The average Bonchev–Trinajstić information content (AvgIpc) is 3.28. The maximum atomic E-state index is 11.8. The number of carbonyl (C=O) groups is 2. The van der Waals surface area contributed by atoms with Crippen molar-refractivity contribution in [2.75, 3.05) is 35.4 Å². The highest BCUT2D eigenvalue weighted by molar-refractivity contribution is 8.23. The molecule has 2 saturated heterocycles. The van der Waals surface area contributed by atoms with E-state index < -0.39 is 12.2 Å². The first-order valence-corrected chi connectivity index (χ1v) is 10.9. The van der Waals surface area contributed by atoms with Crippen molar-refractivity contribution in [1.29, 1.82) is 0 Å². The second kappa shape index (κ2) is 10.1. The first-order chi connectivity index (χ1) is 13.5. The van der Waals surface area contributed by atoms with Gasteiger partial charge in [0, 0.05) is 22.9 Å². The maximum Gasteiger partial charge on any atom is 0.411 e. The number of ether oxygens (including phenoxy) is 4. The molecule has 2 aliphatic heterocycles. The molecule has 2 aliphatic rings. The lowest BCUT2D eigenvalue weighted by molar-refractivity contribution is 0.103. The number of benzene rings is 1. The Balaban J connectivity index is 1.36. The third-order valence-corrected chi connectivity index (χ3v) is 6.12. The minimum absolute atomic E-state index is 0.123. The largest absolute Gasteiger partial charge is 0.471 e. The molecule has 2 atom stereocenters. The van der Waals surface area contributed by atoms with Crippen LogP contribution in [0, 0.1) is 0 Å². The summed E-state index contributed by atoms with van der Waals surface area (Å²) in [5.41, 5.74) is 1.04. The third kappa shape index (κ3) is 6.69. The van der Waals surface area contributed by atoms with Crippen LogP contribution in [0.1, 0.15) is 0 Å². The molecule has 0 aromatic heterocycles. The summed E-state index contributed by atoms with van der Waals surface area (Å²) in [6, 6.07) is 6.51. The van der Waals surface area contributed by atoms with Gasteiger partial charge in [-0.3, -0.25) is 10.6 Å². The van der Waals surface area contributed by atoms with Crippen LogP contribution in [0.5, 0.6) is 0 Å². The van der Waals surface area contributed by atoms with Crippen LogP contribution in [0.15, 0.2) is 24.3 Å². The van der Waals surface area contributed by atoms with E-state index in [1.54, 1.807) is 24.3 Å². The van der Waals surface area contributed by atoms with Crippen molar-refractivity contribution in [1.82, 2.24) is 0 Å². The molecule has 0 radical (unpaired) electrons. The van der Waals surface area contributed by atoms with E-state index in [2.05, 4.69) is 10.6 Å². The van der Waals surface area contributed by atoms with Crippen LogP contribution >= 0.6 is 48.0 Å². The predicted molar refractivity (Wildman–Crippen MR) is 116 cm³/mol. The number of hydrogen-bond acceptors (Lipinski definition) is 10. The first-order valence-electron chi connectivity index (χ1n) is 8.12. The van der Waals surface area contributed by atoms with Gasteiger partial charge < -0.3 is 18.9 Å². The Morgan fingerprint density at radius 2 is 1.29 bits per heavy atom. The van der Waals surface area contributed by atoms with Crippen LogP contribution in [0.3, 0.4) is 0 Å². The fourth-order valence-corrected chi connectivity index (χ4v) is 4.24. The molecule has 0 aliphatic carbocycles. The van der Waals surface area contributed by atoms with E-state index in [-0.39, 0.29) is 25.4 Å². The van der Waals surface area contributed by atoms with Crippen LogP contribution in [-0.2, 0) is 18.9 Å². The number of nitrogens with one attached hydrogen (secondary N) is 2. The Kier molecular flexibility index (Phi) is 7.59. The van der Waals surface area contributed by atoms with Gasteiger partial charge in [-0.05, 0) is 48.7 Å². The molecule has 1 aromatic carbocycles. The third-order valence-electron chi connectivity index (χ3n) is 3.48. The van der Waals surface area contributed by atoms with E-state index in [0.717, 1.165) is 0 Å². The second-order valence-electron chi connectivity index (χ2n) is 5.63. The minimum Gasteiger partial charge on any atom is -0.471 e. The molecule has 0 spiro atoms. The van der Waals surface area contributed by atoms with E-state index >= 15 is 0 Å². The zero-order chi connectivity index (χ0) is 19.9. The van der Waals surface area contributed by atoms with Crippen molar-refractivity contribution in [2.45, 2.75) is 12.2 Å². The van der Waals surface area contributed by atoms with Crippen molar-refractivity contribution in [2.24, 2.45) is 0 Å². The van der Waals surface area contributed by atoms with Crippen molar-refractivity contribution in [3.05, 3.63) is 24.3 Å². The van der Waals surface area contributed by atoms with Crippen LogP contribution in [0.25, 0.3) is 0 Å². The zero-order valence-corrected chi connectivity index (χ0v) is 17.6. The first kappa shape index (κ1) is 21.0. The molecule has 0 saturated carbocycles. The number of rotatable bonds is 6. The Morgan fingerprint density at radius 1 is 0.893 bits per heavy atom. The number of thioether (sulfide) groups is 2. The molecule has 2 fully saturated rings. The molecule has 3 rings (SSSR count). The summed E-state index contributed by atoms with van der Waals surface area (Å²) >= 11 is 12.6. The number of amides is 2. The number of anilines is 2. The molecule has 2 heterocycles. The van der Waals surface area contributed by atoms with Gasteiger partial charge in [-0.15, -0.1) is 0 Å². The molecule has 28 heavy (non-hydrogen) atoms. The predicted octanol–water partition coefficient (Wildman–Crippen LogP) is 3.62. The molecule has 150 valence electrons. The van der Waals surface area contributed by atoms with Gasteiger partial charge in [0.25, 0.3) is 0 Å². The lowest BCUT2D eigenvalue weighted by Crippen LogP contribution is -2.23. The quantitative estimate of drug-likeness (QED) is 0.613. The van der Waals surface area contributed by atoms with Gasteiger partial charge >= 0.3 is 12.2 Å². The summed E-state index contributed by atoms with van der Waals surface area (Å²) in [6.45, 7) is 0.247. The fourth-order valence-electron chi connectivity index (χ4n) is 2.18. The lowest BCUT2D eigenvalue weighted by Gasteiger charge is -2.12. The molecule has 2 N–H and O–H groups in total. The smallest absolute Gasteiger partial charge is 0.411 e. The highest BCUT2D eigenvalue weighted by Gasteiger charge is 2.23.